The molecule has 0 radical (unpaired) electrons. The van der Waals surface area contributed by atoms with Gasteiger partial charge < -0.3 is 14.8 Å². The zero-order chi connectivity index (χ0) is 18.2. The number of amides is 1. The molecule has 25 heavy (non-hydrogen) atoms. The number of hydrogen-bond acceptors (Lipinski definition) is 4. The predicted molar refractivity (Wildman–Crippen MR) is 104 cm³/mol. The van der Waals surface area contributed by atoms with Gasteiger partial charge in [0.25, 0.3) is 5.91 Å². The molecule has 0 spiro atoms. The number of carbonyl (C=O) groups is 1. The van der Waals surface area contributed by atoms with Crippen LogP contribution in [-0.2, 0) is 0 Å². The van der Waals surface area contributed by atoms with Gasteiger partial charge >= 0.3 is 0 Å². The molecule has 2 rings (SSSR count). The van der Waals surface area contributed by atoms with Crippen LogP contribution in [0, 0.1) is 0 Å². The summed E-state index contributed by atoms with van der Waals surface area (Å²) in [5.74, 6) is 1.08. The highest BCUT2D eigenvalue weighted by atomic mass is 32.1. The average molecular weight is 358 g/mol. The van der Waals surface area contributed by atoms with Crippen molar-refractivity contribution in [3.8, 4) is 11.5 Å². The number of thiocarbonyl (C=S) groups is 1. The first-order valence-electron chi connectivity index (χ1n) is 8.10. The molecule has 0 unspecified atom stereocenters. The molecule has 0 saturated carbocycles. The maximum Gasteiger partial charge on any atom is 0.257 e. The standard InChI is InChI=1S/C19H22N2O3S/c1-4-23-16-9-5-7-14(11-16)18(22)21-19(25)20-15-8-6-10-17(12-15)24-13(2)3/h5-13H,4H2,1-3H3,(H2,20,21,22,25). The van der Waals surface area contributed by atoms with Gasteiger partial charge in [-0.15, -0.1) is 0 Å². The highest BCUT2D eigenvalue weighted by Crippen LogP contribution is 2.18. The van der Waals surface area contributed by atoms with Gasteiger partial charge in [-0.25, -0.2) is 0 Å². The minimum atomic E-state index is -0.298. The molecule has 0 aliphatic carbocycles. The summed E-state index contributed by atoms with van der Waals surface area (Å²) < 4.78 is 11.0. The average Bonchev–Trinajstić information content (AvgIpc) is 2.55. The Morgan fingerprint density at radius 2 is 1.84 bits per heavy atom. The second kappa shape index (κ2) is 9.03. The fraction of sp³-hybridized carbons (Fsp3) is 0.263. The van der Waals surface area contributed by atoms with Crippen LogP contribution in [0.1, 0.15) is 31.1 Å². The van der Waals surface area contributed by atoms with Crippen LogP contribution in [0.3, 0.4) is 0 Å². The third-order valence-corrected chi connectivity index (χ3v) is 3.30. The first-order valence-corrected chi connectivity index (χ1v) is 8.50. The molecule has 0 saturated heterocycles. The number of carbonyl (C=O) groups excluding carboxylic acids is 1. The molecule has 6 heteroatoms. The quantitative estimate of drug-likeness (QED) is 0.765. The molecule has 0 heterocycles. The first kappa shape index (κ1) is 18.7. The Hall–Kier alpha value is -2.60. The van der Waals surface area contributed by atoms with Gasteiger partial charge in [-0.05, 0) is 63.3 Å². The lowest BCUT2D eigenvalue weighted by molar-refractivity contribution is 0.0977. The van der Waals surface area contributed by atoms with E-state index in [1.54, 1.807) is 24.3 Å². The van der Waals surface area contributed by atoms with Gasteiger partial charge in [0, 0.05) is 17.3 Å². The summed E-state index contributed by atoms with van der Waals surface area (Å²) in [5, 5.41) is 5.86. The van der Waals surface area contributed by atoms with E-state index in [2.05, 4.69) is 10.6 Å². The molecule has 5 nitrogen and oxygen atoms in total. The van der Waals surface area contributed by atoms with Crippen LogP contribution in [0.15, 0.2) is 48.5 Å². The number of rotatable bonds is 6. The second-order valence-electron chi connectivity index (χ2n) is 5.56. The topological polar surface area (TPSA) is 59.6 Å². The molecule has 2 aromatic carbocycles. The molecule has 132 valence electrons. The zero-order valence-corrected chi connectivity index (χ0v) is 15.4. The molecular formula is C19H22N2O3S. The smallest absolute Gasteiger partial charge is 0.257 e. The number of ether oxygens (including phenoxy) is 2. The zero-order valence-electron chi connectivity index (χ0n) is 14.5. The van der Waals surface area contributed by atoms with Crippen LogP contribution in [0.2, 0.25) is 0 Å². The molecular weight excluding hydrogens is 336 g/mol. The Morgan fingerprint density at radius 1 is 1.12 bits per heavy atom. The summed E-state index contributed by atoms with van der Waals surface area (Å²) in [6.45, 7) is 6.35. The molecule has 0 aliphatic rings. The lowest BCUT2D eigenvalue weighted by atomic mass is 10.2. The van der Waals surface area contributed by atoms with E-state index < -0.39 is 0 Å². The van der Waals surface area contributed by atoms with E-state index in [0.29, 0.717) is 17.9 Å². The molecule has 0 fully saturated rings. The number of hydrogen-bond donors (Lipinski definition) is 2. The SMILES string of the molecule is CCOc1cccc(C(=O)NC(=S)Nc2cccc(OC(C)C)c2)c1. The van der Waals surface area contributed by atoms with E-state index in [1.165, 1.54) is 0 Å². The van der Waals surface area contributed by atoms with E-state index >= 15 is 0 Å². The summed E-state index contributed by atoms with van der Waals surface area (Å²) >= 11 is 5.21. The van der Waals surface area contributed by atoms with E-state index in [1.807, 2.05) is 45.0 Å². The minimum absolute atomic E-state index is 0.0829. The molecule has 2 N–H and O–H groups in total. The Kier molecular flexibility index (Phi) is 6.77. The van der Waals surface area contributed by atoms with Crippen LogP contribution in [-0.4, -0.2) is 23.7 Å². The molecule has 0 atom stereocenters. The second-order valence-corrected chi connectivity index (χ2v) is 5.97. The van der Waals surface area contributed by atoms with Crippen molar-refractivity contribution in [2.45, 2.75) is 26.9 Å². The van der Waals surface area contributed by atoms with Crippen molar-refractivity contribution in [2.24, 2.45) is 0 Å². The predicted octanol–water partition coefficient (Wildman–Crippen LogP) is 4.00. The Balaban J connectivity index is 1.98. The van der Waals surface area contributed by atoms with Crippen molar-refractivity contribution < 1.29 is 14.3 Å². The van der Waals surface area contributed by atoms with Gasteiger partial charge in [-0.3, -0.25) is 10.1 Å². The van der Waals surface area contributed by atoms with Gasteiger partial charge in [-0.2, -0.15) is 0 Å². The largest absolute Gasteiger partial charge is 0.494 e. The Bertz CT molecular complexity index is 747. The first-order chi connectivity index (χ1) is 12.0. The Labute approximate surface area is 153 Å². The molecule has 2 aromatic rings. The van der Waals surface area contributed by atoms with Gasteiger partial charge in [0.2, 0.25) is 0 Å². The number of anilines is 1. The third-order valence-electron chi connectivity index (χ3n) is 3.10. The van der Waals surface area contributed by atoms with Crippen molar-refractivity contribution in [3.63, 3.8) is 0 Å². The summed E-state index contributed by atoms with van der Waals surface area (Å²) in [7, 11) is 0. The van der Waals surface area contributed by atoms with Crippen molar-refractivity contribution in [1.82, 2.24) is 5.32 Å². The van der Waals surface area contributed by atoms with E-state index in [4.69, 9.17) is 21.7 Å². The molecule has 0 aromatic heterocycles. The van der Waals surface area contributed by atoms with Gasteiger partial charge in [0.15, 0.2) is 5.11 Å². The van der Waals surface area contributed by atoms with Crippen LogP contribution in [0.4, 0.5) is 5.69 Å². The highest BCUT2D eigenvalue weighted by Gasteiger charge is 2.09. The monoisotopic (exact) mass is 358 g/mol. The normalized spacial score (nSPS) is 10.2. The maximum absolute atomic E-state index is 12.3. The molecule has 0 bridgehead atoms. The van der Waals surface area contributed by atoms with Crippen molar-refractivity contribution in [3.05, 3.63) is 54.1 Å². The highest BCUT2D eigenvalue weighted by molar-refractivity contribution is 7.80. The van der Waals surface area contributed by atoms with E-state index in [-0.39, 0.29) is 17.1 Å². The fourth-order valence-electron chi connectivity index (χ4n) is 2.15. The van der Waals surface area contributed by atoms with Crippen LogP contribution in [0.25, 0.3) is 0 Å². The maximum atomic E-state index is 12.3. The Morgan fingerprint density at radius 3 is 2.56 bits per heavy atom. The molecule has 1 amide bonds. The minimum Gasteiger partial charge on any atom is -0.494 e. The lowest BCUT2D eigenvalue weighted by Gasteiger charge is -2.13. The number of nitrogens with one attached hydrogen (secondary N) is 2. The van der Waals surface area contributed by atoms with Gasteiger partial charge in [0.05, 0.1) is 12.7 Å². The summed E-state index contributed by atoms with van der Waals surface area (Å²) in [5.41, 5.74) is 1.22. The van der Waals surface area contributed by atoms with E-state index in [0.717, 1.165) is 11.4 Å². The van der Waals surface area contributed by atoms with Gasteiger partial charge in [0.1, 0.15) is 11.5 Å². The fourth-order valence-corrected chi connectivity index (χ4v) is 2.36. The summed E-state index contributed by atoms with van der Waals surface area (Å²) in [6.07, 6.45) is 0.0829. The van der Waals surface area contributed by atoms with Crippen molar-refractivity contribution in [2.75, 3.05) is 11.9 Å². The van der Waals surface area contributed by atoms with Crippen LogP contribution >= 0.6 is 12.2 Å². The van der Waals surface area contributed by atoms with Crippen LogP contribution < -0.4 is 20.1 Å². The summed E-state index contributed by atoms with van der Waals surface area (Å²) in [4.78, 5) is 12.3. The lowest BCUT2D eigenvalue weighted by Crippen LogP contribution is -2.34. The van der Waals surface area contributed by atoms with Crippen molar-refractivity contribution in [1.29, 1.82) is 0 Å². The summed E-state index contributed by atoms with van der Waals surface area (Å²) in [6, 6.07) is 14.4. The van der Waals surface area contributed by atoms with Crippen molar-refractivity contribution >= 4 is 28.9 Å². The number of benzene rings is 2. The van der Waals surface area contributed by atoms with Gasteiger partial charge in [-0.1, -0.05) is 12.1 Å². The van der Waals surface area contributed by atoms with E-state index in [9.17, 15) is 4.79 Å². The third kappa shape index (κ3) is 6.08. The molecule has 0 aliphatic heterocycles. The van der Waals surface area contributed by atoms with Crippen LogP contribution in [0.5, 0.6) is 11.5 Å².